The molecule has 0 unspecified atom stereocenters. The van der Waals surface area contributed by atoms with Gasteiger partial charge < -0.3 is 9.73 Å². The number of oxazole rings is 1. The van der Waals surface area contributed by atoms with Crippen molar-refractivity contribution in [1.29, 1.82) is 0 Å². The van der Waals surface area contributed by atoms with Crippen molar-refractivity contribution in [3.8, 4) is 11.5 Å². The molecule has 0 bridgehead atoms. The van der Waals surface area contributed by atoms with Gasteiger partial charge in [-0.1, -0.05) is 0 Å². The average Bonchev–Trinajstić information content (AvgIpc) is 2.74. The van der Waals surface area contributed by atoms with Crippen LogP contribution in [-0.2, 0) is 6.54 Å². The van der Waals surface area contributed by atoms with Crippen LogP contribution in [0.4, 0.5) is 8.78 Å². The molecule has 0 aliphatic heterocycles. The first kappa shape index (κ1) is 13.7. The van der Waals surface area contributed by atoms with E-state index in [-0.39, 0.29) is 17.0 Å². The summed E-state index contributed by atoms with van der Waals surface area (Å²) in [5, 5.41) is 3.25. The van der Waals surface area contributed by atoms with Crippen molar-refractivity contribution in [2.24, 2.45) is 0 Å². The van der Waals surface area contributed by atoms with Crippen LogP contribution in [0.1, 0.15) is 26.5 Å². The van der Waals surface area contributed by atoms with Gasteiger partial charge in [-0.25, -0.2) is 13.8 Å². The molecular weight excluding hydrogens is 250 g/mol. The Morgan fingerprint density at radius 1 is 1.26 bits per heavy atom. The van der Waals surface area contributed by atoms with Crippen LogP contribution in [0.2, 0.25) is 0 Å². The minimum Gasteiger partial charge on any atom is -0.444 e. The van der Waals surface area contributed by atoms with Crippen molar-refractivity contribution >= 4 is 0 Å². The SMILES string of the molecule is CC(C)(C)NCc1coc(-c2ccc(F)cc2F)n1. The van der Waals surface area contributed by atoms with Crippen LogP contribution in [0.15, 0.2) is 28.9 Å². The molecule has 102 valence electrons. The molecular formula is C14H16F2N2O. The Labute approximate surface area is 110 Å². The molecule has 0 saturated carbocycles. The van der Waals surface area contributed by atoms with E-state index < -0.39 is 11.6 Å². The number of aromatic nitrogens is 1. The second-order valence-electron chi connectivity index (χ2n) is 5.37. The summed E-state index contributed by atoms with van der Waals surface area (Å²) in [6.07, 6.45) is 1.47. The molecule has 0 amide bonds. The lowest BCUT2D eigenvalue weighted by Gasteiger charge is -2.19. The zero-order valence-electron chi connectivity index (χ0n) is 11.1. The van der Waals surface area contributed by atoms with Crippen LogP contribution in [0.3, 0.4) is 0 Å². The van der Waals surface area contributed by atoms with Crippen molar-refractivity contribution < 1.29 is 13.2 Å². The fourth-order valence-electron chi connectivity index (χ4n) is 1.53. The molecule has 2 aromatic rings. The third kappa shape index (κ3) is 3.61. The van der Waals surface area contributed by atoms with E-state index >= 15 is 0 Å². The number of nitrogens with one attached hydrogen (secondary N) is 1. The van der Waals surface area contributed by atoms with Crippen molar-refractivity contribution in [2.45, 2.75) is 32.9 Å². The minimum absolute atomic E-state index is 0.0414. The third-order valence-corrected chi connectivity index (χ3v) is 2.51. The van der Waals surface area contributed by atoms with Gasteiger partial charge in [-0.15, -0.1) is 0 Å². The summed E-state index contributed by atoms with van der Waals surface area (Å²) in [6.45, 7) is 6.63. The molecule has 5 heteroatoms. The Morgan fingerprint density at radius 2 is 2.00 bits per heavy atom. The summed E-state index contributed by atoms with van der Waals surface area (Å²) < 4.78 is 31.6. The lowest BCUT2D eigenvalue weighted by molar-refractivity contribution is 0.421. The second kappa shape index (κ2) is 5.09. The highest BCUT2D eigenvalue weighted by atomic mass is 19.1. The first-order valence-corrected chi connectivity index (χ1v) is 6.00. The summed E-state index contributed by atoms with van der Waals surface area (Å²) >= 11 is 0. The molecule has 2 rings (SSSR count). The minimum atomic E-state index is -0.683. The standard InChI is InChI=1S/C14H16F2N2O/c1-14(2,3)17-7-10-8-19-13(18-10)11-5-4-9(15)6-12(11)16/h4-6,8,17H,7H2,1-3H3. The van der Waals surface area contributed by atoms with E-state index in [1.165, 1.54) is 18.4 Å². The molecule has 1 N–H and O–H groups in total. The summed E-state index contributed by atoms with van der Waals surface area (Å²) in [4.78, 5) is 4.18. The van der Waals surface area contributed by atoms with E-state index in [0.29, 0.717) is 12.2 Å². The molecule has 0 aliphatic rings. The maximum Gasteiger partial charge on any atom is 0.229 e. The molecule has 3 nitrogen and oxygen atoms in total. The van der Waals surface area contributed by atoms with Crippen molar-refractivity contribution in [3.63, 3.8) is 0 Å². The van der Waals surface area contributed by atoms with Crippen molar-refractivity contribution in [1.82, 2.24) is 10.3 Å². The predicted molar refractivity (Wildman–Crippen MR) is 68.4 cm³/mol. The van der Waals surface area contributed by atoms with Crippen LogP contribution in [-0.4, -0.2) is 10.5 Å². The van der Waals surface area contributed by atoms with Gasteiger partial charge in [0.1, 0.15) is 17.9 Å². The highest BCUT2D eigenvalue weighted by molar-refractivity contribution is 5.54. The van der Waals surface area contributed by atoms with Crippen molar-refractivity contribution in [3.05, 3.63) is 41.8 Å². The van der Waals surface area contributed by atoms with Gasteiger partial charge >= 0.3 is 0 Å². The molecule has 0 fully saturated rings. The lowest BCUT2D eigenvalue weighted by Crippen LogP contribution is -2.35. The number of hydrogen-bond acceptors (Lipinski definition) is 3. The van der Waals surface area contributed by atoms with E-state index in [1.54, 1.807) is 0 Å². The van der Waals surface area contributed by atoms with E-state index in [4.69, 9.17) is 4.42 Å². The Kier molecular flexibility index (Phi) is 3.66. The fourth-order valence-corrected chi connectivity index (χ4v) is 1.53. The van der Waals surface area contributed by atoms with Gasteiger partial charge in [-0.2, -0.15) is 0 Å². The number of hydrogen-bond donors (Lipinski definition) is 1. The normalized spacial score (nSPS) is 11.8. The highest BCUT2D eigenvalue weighted by Gasteiger charge is 2.14. The molecule has 0 aliphatic carbocycles. The van der Waals surface area contributed by atoms with Gasteiger partial charge in [-0.05, 0) is 32.9 Å². The highest BCUT2D eigenvalue weighted by Crippen LogP contribution is 2.22. The Balaban J connectivity index is 2.16. The predicted octanol–water partition coefficient (Wildman–Crippen LogP) is 3.51. The Bertz CT molecular complexity index is 573. The maximum atomic E-state index is 13.6. The molecule has 0 radical (unpaired) electrons. The monoisotopic (exact) mass is 266 g/mol. The molecule has 0 atom stereocenters. The van der Waals surface area contributed by atoms with Gasteiger partial charge in [0.25, 0.3) is 0 Å². The van der Waals surface area contributed by atoms with Crippen LogP contribution in [0.25, 0.3) is 11.5 Å². The Morgan fingerprint density at radius 3 is 2.63 bits per heavy atom. The average molecular weight is 266 g/mol. The topological polar surface area (TPSA) is 38.1 Å². The zero-order chi connectivity index (χ0) is 14.0. The largest absolute Gasteiger partial charge is 0.444 e. The number of halogens is 2. The van der Waals surface area contributed by atoms with Crippen molar-refractivity contribution in [2.75, 3.05) is 0 Å². The van der Waals surface area contributed by atoms with E-state index in [0.717, 1.165) is 6.07 Å². The van der Waals surface area contributed by atoms with E-state index in [2.05, 4.69) is 10.3 Å². The number of benzene rings is 1. The molecule has 1 heterocycles. The smallest absolute Gasteiger partial charge is 0.229 e. The molecule has 0 spiro atoms. The quantitative estimate of drug-likeness (QED) is 0.923. The van der Waals surface area contributed by atoms with Gasteiger partial charge in [0.2, 0.25) is 5.89 Å². The maximum absolute atomic E-state index is 13.6. The van der Waals surface area contributed by atoms with Crippen LogP contribution >= 0.6 is 0 Å². The van der Waals surface area contributed by atoms with Gasteiger partial charge in [0.15, 0.2) is 0 Å². The summed E-state index contributed by atoms with van der Waals surface area (Å²) in [6, 6.07) is 3.31. The third-order valence-electron chi connectivity index (χ3n) is 2.51. The zero-order valence-corrected chi connectivity index (χ0v) is 11.1. The summed E-state index contributed by atoms with van der Waals surface area (Å²) in [5.41, 5.74) is 0.789. The number of rotatable bonds is 3. The Hall–Kier alpha value is -1.75. The molecule has 1 aromatic carbocycles. The number of nitrogens with zero attached hydrogens (tertiary/aromatic N) is 1. The van der Waals surface area contributed by atoms with Gasteiger partial charge in [-0.3, -0.25) is 0 Å². The van der Waals surface area contributed by atoms with Gasteiger partial charge in [0.05, 0.1) is 11.3 Å². The van der Waals surface area contributed by atoms with Crippen LogP contribution in [0.5, 0.6) is 0 Å². The molecule has 19 heavy (non-hydrogen) atoms. The molecule has 0 saturated heterocycles. The summed E-state index contributed by atoms with van der Waals surface area (Å²) in [5.74, 6) is -1.15. The van der Waals surface area contributed by atoms with Crippen LogP contribution < -0.4 is 5.32 Å². The second-order valence-corrected chi connectivity index (χ2v) is 5.37. The van der Waals surface area contributed by atoms with Gasteiger partial charge in [0, 0.05) is 18.2 Å². The first-order valence-electron chi connectivity index (χ1n) is 6.00. The van der Waals surface area contributed by atoms with Crippen LogP contribution in [0, 0.1) is 11.6 Å². The van der Waals surface area contributed by atoms with E-state index in [1.807, 2.05) is 20.8 Å². The molecule has 1 aromatic heterocycles. The lowest BCUT2D eigenvalue weighted by atomic mass is 10.1. The summed E-state index contributed by atoms with van der Waals surface area (Å²) in [7, 11) is 0. The van der Waals surface area contributed by atoms with E-state index in [9.17, 15) is 8.78 Å². The fraction of sp³-hybridized carbons (Fsp3) is 0.357. The first-order chi connectivity index (χ1) is 8.85.